The summed E-state index contributed by atoms with van der Waals surface area (Å²) in [5.41, 5.74) is 0.466. The first-order chi connectivity index (χ1) is 9.63. The van der Waals surface area contributed by atoms with Crippen molar-refractivity contribution in [2.75, 3.05) is 11.9 Å². The Kier molecular flexibility index (Phi) is 5.49. The number of amides is 1. The first-order valence-electron chi connectivity index (χ1n) is 6.71. The topological polar surface area (TPSA) is 88.5 Å². The van der Waals surface area contributed by atoms with Crippen LogP contribution in [0.15, 0.2) is 5.38 Å². The van der Waals surface area contributed by atoms with Crippen LogP contribution in [0.1, 0.15) is 37.8 Å². The van der Waals surface area contributed by atoms with Gasteiger partial charge in [0, 0.05) is 18.4 Å². The van der Waals surface area contributed by atoms with Crippen molar-refractivity contribution in [2.45, 2.75) is 44.6 Å². The molecule has 1 unspecified atom stereocenters. The van der Waals surface area contributed by atoms with Crippen molar-refractivity contribution in [3.8, 4) is 0 Å². The van der Waals surface area contributed by atoms with Gasteiger partial charge in [-0.05, 0) is 25.7 Å². The second-order valence-corrected chi connectivity index (χ2v) is 5.65. The standard InChI is InChI=1S/C13H18N2O4S/c16-11(5-4-10-3-1-2-6-19-10)15-13-14-9(8-20-13)7-12(17)18/h8,10H,1-7H2,(H,17,18)(H,14,15,16). The predicted octanol–water partition coefficient (Wildman–Crippen LogP) is 2.06. The van der Waals surface area contributed by atoms with Crippen LogP contribution >= 0.6 is 11.3 Å². The Hall–Kier alpha value is -1.47. The molecule has 0 aromatic carbocycles. The number of carboxylic acids is 1. The van der Waals surface area contributed by atoms with Gasteiger partial charge >= 0.3 is 5.97 Å². The largest absolute Gasteiger partial charge is 0.481 e. The molecule has 2 N–H and O–H groups in total. The summed E-state index contributed by atoms with van der Waals surface area (Å²) in [4.78, 5) is 26.4. The minimum atomic E-state index is -0.928. The van der Waals surface area contributed by atoms with Gasteiger partial charge in [0.1, 0.15) is 0 Å². The van der Waals surface area contributed by atoms with E-state index in [4.69, 9.17) is 9.84 Å². The smallest absolute Gasteiger partial charge is 0.309 e. The van der Waals surface area contributed by atoms with Crippen LogP contribution in [0.25, 0.3) is 0 Å². The number of carbonyl (C=O) groups is 2. The lowest BCUT2D eigenvalue weighted by Gasteiger charge is -2.21. The quantitative estimate of drug-likeness (QED) is 0.839. The van der Waals surface area contributed by atoms with Crippen LogP contribution in [-0.4, -0.2) is 34.7 Å². The number of aliphatic carboxylic acids is 1. The Labute approximate surface area is 121 Å². The van der Waals surface area contributed by atoms with Crippen LogP contribution in [-0.2, 0) is 20.7 Å². The number of hydrogen-bond donors (Lipinski definition) is 2. The molecule has 1 atom stereocenters. The zero-order chi connectivity index (χ0) is 14.4. The van der Waals surface area contributed by atoms with E-state index < -0.39 is 5.97 Å². The summed E-state index contributed by atoms with van der Waals surface area (Å²) in [7, 11) is 0. The molecule has 1 aliphatic rings. The van der Waals surface area contributed by atoms with Gasteiger partial charge in [-0.3, -0.25) is 9.59 Å². The summed E-state index contributed by atoms with van der Waals surface area (Å²) in [6.45, 7) is 0.789. The highest BCUT2D eigenvalue weighted by molar-refractivity contribution is 7.13. The Morgan fingerprint density at radius 3 is 3.05 bits per heavy atom. The van der Waals surface area contributed by atoms with Crippen LogP contribution in [0.4, 0.5) is 5.13 Å². The van der Waals surface area contributed by atoms with E-state index in [2.05, 4.69) is 10.3 Å². The Bertz CT molecular complexity index is 469. The summed E-state index contributed by atoms with van der Waals surface area (Å²) >= 11 is 1.24. The monoisotopic (exact) mass is 298 g/mol. The molecule has 1 amide bonds. The van der Waals surface area contributed by atoms with Gasteiger partial charge in [-0.15, -0.1) is 11.3 Å². The van der Waals surface area contributed by atoms with Crippen molar-refractivity contribution in [1.82, 2.24) is 4.98 Å². The predicted molar refractivity (Wildman–Crippen MR) is 74.9 cm³/mol. The molecule has 0 aliphatic carbocycles. The fraction of sp³-hybridized carbons (Fsp3) is 0.615. The van der Waals surface area contributed by atoms with Gasteiger partial charge in [-0.25, -0.2) is 4.98 Å². The molecule has 7 heteroatoms. The Morgan fingerprint density at radius 1 is 1.50 bits per heavy atom. The first-order valence-corrected chi connectivity index (χ1v) is 7.59. The van der Waals surface area contributed by atoms with Crippen LogP contribution in [0, 0.1) is 0 Å². The lowest BCUT2D eigenvalue weighted by molar-refractivity contribution is -0.136. The number of rotatable bonds is 6. The highest BCUT2D eigenvalue weighted by Crippen LogP contribution is 2.19. The lowest BCUT2D eigenvalue weighted by Crippen LogP contribution is -2.21. The van der Waals surface area contributed by atoms with E-state index in [9.17, 15) is 9.59 Å². The van der Waals surface area contributed by atoms with E-state index in [1.54, 1.807) is 5.38 Å². The van der Waals surface area contributed by atoms with Crippen LogP contribution in [0.2, 0.25) is 0 Å². The van der Waals surface area contributed by atoms with Crippen molar-refractivity contribution >= 4 is 28.3 Å². The first kappa shape index (κ1) is 14.9. The average Bonchev–Trinajstić information content (AvgIpc) is 2.84. The number of nitrogens with zero attached hydrogens (tertiary/aromatic N) is 1. The minimum absolute atomic E-state index is 0.101. The number of carbonyl (C=O) groups excluding carboxylic acids is 1. The van der Waals surface area contributed by atoms with Gasteiger partial charge in [0.15, 0.2) is 5.13 Å². The number of carboxylic acid groups (broad SMARTS) is 1. The summed E-state index contributed by atoms with van der Waals surface area (Å²) < 4.78 is 5.57. The van der Waals surface area contributed by atoms with Crippen molar-refractivity contribution < 1.29 is 19.4 Å². The SMILES string of the molecule is O=C(O)Cc1csc(NC(=O)CCC2CCCCO2)n1. The molecule has 0 saturated carbocycles. The summed E-state index contributed by atoms with van der Waals surface area (Å²) in [6, 6.07) is 0. The molecule has 1 fully saturated rings. The maximum Gasteiger partial charge on any atom is 0.309 e. The van der Waals surface area contributed by atoms with Crippen molar-refractivity contribution in [3.05, 3.63) is 11.1 Å². The van der Waals surface area contributed by atoms with Gasteiger partial charge in [-0.1, -0.05) is 0 Å². The maximum absolute atomic E-state index is 11.8. The van der Waals surface area contributed by atoms with Gasteiger partial charge in [0.25, 0.3) is 0 Å². The third-order valence-electron chi connectivity index (χ3n) is 3.10. The van der Waals surface area contributed by atoms with Crippen LogP contribution in [0.5, 0.6) is 0 Å². The molecule has 1 aliphatic heterocycles. The number of thiazole rings is 1. The molecular weight excluding hydrogens is 280 g/mol. The summed E-state index contributed by atoms with van der Waals surface area (Å²) in [5.74, 6) is -1.03. The highest BCUT2D eigenvalue weighted by atomic mass is 32.1. The molecule has 1 aromatic heterocycles. The molecule has 0 spiro atoms. The zero-order valence-corrected chi connectivity index (χ0v) is 11.9. The maximum atomic E-state index is 11.8. The number of ether oxygens (including phenoxy) is 1. The Morgan fingerprint density at radius 2 is 2.35 bits per heavy atom. The van der Waals surface area contributed by atoms with Gasteiger partial charge < -0.3 is 15.2 Å². The van der Waals surface area contributed by atoms with E-state index in [1.807, 2.05) is 0 Å². The third-order valence-corrected chi connectivity index (χ3v) is 3.90. The van der Waals surface area contributed by atoms with Crippen molar-refractivity contribution in [2.24, 2.45) is 0 Å². The molecule has 0 bridgehead atoms. The van der Waals surface area contributed by atoms with Crippen molar-refractivity contribution in [1.29, 1.82) is 0 Å². The van der Waals surface area contributed by atoms with Crippen LogP contribution < -0.4 is 5.32 Å². The Balaban J connectivity index is 1.73. The molecular formula is C13H18N2O4S. The second-order valence-electron chi connectivity index (χ2n) is 4.79. The summed E-state index contributed by atoms with van der Waals surface area (Å²) in [6.07, 6.45) is 4.48. The molecule has 2 rings (SSSR count). The number of nitrogens with one attached hydrogen (secondary N) is 1. The van der Waals surface area contributed by atoms with Crippen molar-refractivity contribution in [3.63, 3.8) is 0 Å². The molecule has 0 radical (unpaired) electrons. The molecule has 1 saturated heterocycles. The molecule has 6 nitrogen and oxygen atoms in total. The normalized spacial score (nSPS) is 18.7. The lowest BCUT2D eigenvalue weighted by atomic mass is 10.0. The van der Waals surface area contributed by atoms with E-state index in [1.165, 1.54) is 11.3 Å². The highest BCUT2D eigenvalue weighted by Gasteiger charge is 2.16. The molecule has 2 heterocycles. The van der Waals surface area contributed by atoms with E-state index in [0.29, 0.717) is 17.2 Å². The fourth-order valence-electron chi connectivity index (χ4n) is 2.11. The van der Waals surface area contributed by atoms with E-state index >= 15 is 0 Å². The van der Waals surface area contributed by atoms with Gasteiger partial charge in [0.05, 0.1) is 18.2 Å². The van der Waals surface area contributed by atoms with E-state index in [0.717, 1.165) is 32.3 Å². The molecule has 20 heavy (non-hydrogen) atoms. The fourth-order valence-corrected chi connectivity index (χ4v) is 2.84. The molecule has 110 valence electrons. The average molecular weight is 298 g/mol. The van der Waals surface area contributed by atoms with Crippen LogP contribution in [0.3, 0.4) is 0 Å². The van der Waals surface area contributed by atoms with Gasteiger partial charge in [0.2, 0.25) is 5.91 Å². The number of hydrogen-bond acceptors (Lipinski definition) is 5. The number of aromatic nitrogens is 1. The minimum Gasteiger partial charge on any atom is -0.481 e. The van der Waals surface area contributed by atoms with E-state index in [-0.39, 0.29) is 18.4 Å². The molecule has 1 aromatic rings. The third kappa shape index (κ3) is 4.90. The zero-order valence-electron chi connectivity index (χ0n) is 11.1. The van der Waals surface area contributed by atoms with Gasteiger partial charge in [-0.2, -0.15) is 0 Å². The second kappa shape index (κ2) is 7.35. The number of anilines is 1. The summed E-state index contributed by atoms with van der Waals surface area (Å²) in [5, 5.41) is 13.4.